The van der Waals surface area contributed by atoms with Crippen molar-refractivity contribution in [1.82, 2.24) is 0 Å². The quantitative estimate of drug-likeness (QED) is 0.645. The van der Waals surface area contributed by atoms with Crippen molar-refractivity contribution in [2.45, 2.75) is 38.3 Å². The number of benzene rings is 1. The highest BCUT2D eigenvalue weighted by Gasteiger charge is 2.31. The number of piperidine rings is 1. The molecular weight excluding hydrogens is 274 g/mol. The third kappa shape index (κ3) is 3.13. The van der Waals surface area contributed by atoms with E-state index in [1.165, 1.54) is 6.07 Å². The van der Waals surface area contributed by atoms with Crippen molar-refractivity contribution in [3.63, 3.8) is 0 Å². The van der Waals surface area contributed by atoms with Crippen LogP contribution in [0.15, 0.2) is 18.2 Å². The van der Waals surface area contributed by atoms with Gasteiger partial charge in [0, 0.05) is 12.6 Å². The maximum absolute atomic E-state index is 11.6. The van der Waals surface area contributed by atoms with E-state index >= 15 is 0 Å². The fraction of sp³-hybridized carbons (Fsp3) is 0.500. The fourth-order valence-corrected chi connectivity index (χ4v) is 2.71. The largest absolute Gasteiger partial charge is 0.389 e. The van der Waals surface area contributed by atoms with Gasteiger partial charge in [-0.15, -0.1) is 0 Å². The zero-order chi connectivity index (χ0) is 15.6. The first-order chi connectivity index (χ1) is 9.91. The Morgan fingerprint density at radius 3 is 2.81 bits per heavy atom. The SMILES string of the molecule is C[C@@H](O)c1ccc(N2CCCCC2C(N)=O)c([N+](=O)[O-])c1. The van der Waals surface area contributed by atoms with Crippen LogP contribution < -0.4 is 10.6 Å². The van der Waals surface area contributed by atoms with Gasteiger partial charge in [-0.1, -0.05) is 6.07 Å². The van der Waals surface area contributed by atoms with Crippen molar-refractivity contribution in [2.24, 2.45) is 5.73 Å². The molecule has 0 spiro atoms. The van der Waals surface area contributed by atoms with Crippen LogP contribution in [0.2, 0.25) is 0 Å². The maximum atomic E-state index is 11.6. The monoisotopic (exact) mass is 293 g/mol. The molecule has 7 nitrogen and oxygen atoms in total. The number of aliphatic hydroxyl groups is 1. The Morgan fingerprint density at radius 2 is 2.24 bits per heavy atom. The van der Waals surface area contributed by atoms with Crippen molar-refractivity contribution in [2.75, 3.05) is 11.4 Å². The maximum Gasteiger partial charge on any atom is 0.292 e. The number of hydrogen-bond acceptors (Lipinski definition) is 5. The number of nitrogens with two attached hydrogens (primary N) is 1. The Kier molecular flexibility index (Phi) is 4.42. The van der Waals surface area contributed by atoms with Gasteiger partial charge in [0.1, 0.15) is 11.7 Å². The molecule has 1 aromatic carbocycles. The summed E-state index contributed by atoms with van der Waals surface area (Å²) in [4.78, 5) is 24.1. The molecule has 7 heteroatoms. The minimum absolute atomic E-state index is 0.110. The van der Waals surface area contributed by atoms with Gasteiger partial charge in [-0.25, -0.2) is 0 Å². The number of rotatable bonds is 4. The molecule has 0 radical (unpaired) electrons. The van der Waals surface area contributed by atoms with Gasteiger partial charge in [0.05, 0.1) is 11.0 Å². The van der Waals surface area contributed by atoms with Gasteiger partial charge in [0.25, 0.3) is 5.69 Å². The number of carbonyl (C=O) groups excluding carboxylic acids is 1. The first-order valence-electron chi connectivity index (χ1n) is 6.94. The summed E-state index contributed by atoms with van der Waals surface area (Å²) in [6.45, 7) is 2.11. The summed E-state index contributed by atoms with van der Waals surface area (Å²) in [5.41, 5.74) is 6.15. The molecule has 1 unspecified atom stereocenters. The number of nitro groups is 1. The Labute approximate surface area is 122 Å². The van der Waals surface area contributed by atoms with Crippen LogP contribution in [0.5, 0.6) is 0 Å². The fourth-order valence-electron chi connectivity index (χ4n) is 2.71. The highest BCUT2D eigenvalue weighted by atomic mass is 16.6. The summed E-state index contributed by atoms with van der Waals surface area (Å²) in [6.07, 6.45) is 1.55. The molecule has 1 aliphatic heterocycles. The molecule has 1 amide bonds. The van der Waals surface area contributed by atoms with Gasteiger partial charge < -0.3 is 15.7 Å². The average Bonchev–Trinajstić information content (AvgIpc) is 2.46. The molecule has 1 fully saturated rings. The molecule has 1 aromatic rings. The zero-order valence-corrected chi connectivity index (χ0v) is 11.9. The number of hydrogen-bond donors (Lipinski definition) is 2. The lowest BCUT2D eigenvalue weighted by Crippen LogP contribution is -2.48. The zero-order valence-electron chi connectivity index (χ0n) is 11.9. The lowest BCUT2D eigenvalue weighted by Gasteiger charge is -2.35. The van der Waals surface area contributed by atoms with Crippen molar-refractivity contribution in [1.29, 1.82) is 0 Å². The van der Waals surface area contributed by atoms with E-state index in [0.29, 0.717) is 24.2 Å². The Morgan fingerprint density at radius 1 is 1.52 bits per heavy atom. The molecular formula is C14H19N3O4. The normalized spacial score (nSPS) is 20.1. The summed E-state index contributed by atoms with van der Waals surface area (Å²) in [6, 6.07) is 4.06. The van der Waals surface area contributed by atoms with E-state index in [9.17, 15) is 20.0 Å². The van der Waals surface area contributed by atoms with E-state index < -0.39 is 23.0 Å². The first kappa shape index (κ1) is 15.2. The molecule has 0 aliphatic carbocycles. The smallest absolute Gasteiger partial charge is 0.292 e. The molecule has 3 N–H and O–H groups in total. The summed E-state index contributed by atoms with van der Waals surface area (Å²) in [7, 11) is 0. The van der Waals surface area contributed by atoms with E-state index in [-0.39, 0.29) is 5.69 Å². The molecule has 0 saturated carbocycles. The Hall–Kier alpha value is -2.15. The predicted octanol–water partition coefficient (Wildman–Crippen LogP) is 1.49. The summed E-state index contributed by atoms with van der Waals surface area (Å²) >= 11 is 0. The van der Waals surface area contributed by atoms with E-state index in [0.717, 1.165) is 12.8 Å². The minimum atomic E-state index is -0.786. The molecule has 21 heavy (non-hydrogen) atoms. The van der Waals surface area contributed by atoms with Gasteiger partial charge in [-0.2, -0.15) is 0 Å². The molecule has 1 heterocycles. The third-order valence-electron chi connectivity index (χ3n) is 3.82. The van der Waals surface area contributed by atoms with Gasteiger partial charge in [-0.3, -0.25) is 14.9 Å². The van der Waals surface area contributed by atoms with Crippen LogP contribution in [0.25, 0.3) is 0 Å². The second kappa shape index (κ2) is 6.09. The van der Waals surface area contributed by atoms with Gasteiger partial charge in [0.2, 0.25) is 5.91 Å². The van der Waals surface area contributed by atoms with Crippen LogP contribution in [-0.4, -0.2) is 28.5 Å². The van der Waals surface area contributed by atoms with Crippen LogP contribution >= 0.6 is 0 Å². The van der Waals surface area contributed by atoms with E-state index in [4.69, 9.17) is 5.73 Å². The summed E-state index contributed by atoms with van der Waals surface area (Å²) in [5, 5.41) is 20.9. The number of primary amides is 1. The van der Waals surface area contributed by atoms with Crippen molar-refractivity contribution >= 4 is 17.3 Å². The number of carbonyl (C=O) groups is 1. The second-order valence-corrected chi connectivity index (χ2v) is 5.29. The Balaban J connectivity index is 2.46. The number of anilines is 1. The molecule has 0 aromatic heterocycles. The van der Waals surface area contributed by atoms with Crippen LogP contribution in [0.4, 0.5) is 11.4 Å². The van der Waals surface area contributed by atoms with E-state index in [1.807, 2.05) is 0 Å². The molecule has 114 valence electrons. The van der Waals surface area contributed by atoms with E-state index in [2.05, 4.69) is 0 Å². The number of amides is 1. The Bertz CT molecular complexity index is 559. The molecule has 2 rings (SSSR count). The molecule has 1 saturated heterocycles. The highest BCUT2D eigenvalue weighted by Crippen LogP contribution is 2.34. The van der Waals surface area contributed by atoms with Crippen molar-refractivity contribution in [3.8, 4) is 0 Å². The van der Waals surface area contributed by atoms with Gasteiger partial charge >= 0.3 is 0 Å². The first-order valence-corrected chi connectivity index (χ1v) is 6.94. The minimum Gasteiger partial charge on any atom is -0.389 e. The third-order valence-corrected chi connectivity index (χ3v) is 3.82. The van der Waals surface area contributed by atoms with Gasteiger partial charge in [-0.05, 0) is 37.8 Å². The van der Waals surface area contributed by atoms with Gasteiger partial charge in [0.15, 0.2) is 0 Å². The van der Waals surface area contributed by atoms with Crippen LogP contribution in [0, 0.1) is 10.1 Å². The summed E-state index contributed by atoms with van der Waals surface area (Å²) in [5.74, 6) is -0.469. The number of aliphatic hydroxyl groups excluding tert-OH is 1. The average molecular weight is 293 g/mol. The highest BCUT2D eigenvalue weighted by molar-refractivity contribution is 5.85. The molecule has 2 atom stereocenters. The predicted molar refractivity (Wildman–Crippen MR) is 77.9 cm³/mol. The summed E-state index contributed by atoms with van der Waals surface area (Å²) < 4.78 is 0. The lowest BCUT2D eigenvalue weighted by molar-refractivity contribution is -0.384. The second-order valence-electron chi connectivity index (χ2n) is 5.29. The topological polar surface area (TPSA) is 110 Å². The standard InChI is InChI=1S/C14H19N3O4/c1-9(18)10-5-6-11(13(8-10)17(20)21)16-7-3-2-4-12(16)14(15)19/h5-6,8-9,12,18H,2-4,7H2,1H3,(H2,15,19)/t9-,12?/m1/s1. The van der Waals surface area contributed by atoms with Crippen molar-refractivity contribution < 1.29 is 14.8 Å². The van der Waals surface area contributed by atoms with Crippen LogP contribution in [0.1, 0.15) is 37.9 Å². The van der Waals surface area contributed by atoms with Crippen LogP contribution in [-0.2, 0) is 4.79 Å². The van der Waals surface area contributed by atoms with Crippen molar-refractivity contribution in [3.05, 3.63) is 33.9 Å². The molecule has 0 bridgehead atoms. The van der Waals surface area contributed by atoms with E-state index in [1.54, 1.807) is 24.0 Å². The number of nitro benzene ring substituents is 1. The number of nitrogens with zero attached hydrogens (tertiary/aromatic N) is 2. The lowest BCUT2D eigenvalue weighted by atomic mass is 9.99. The molecule has 1 aliphatic rings. The van der Waals surface area contributed by atoms with Crippen LogP contribution in [0.3, 0.4) is 0 Å².